The number of benzene rings is 2. The summed E-state index contributed by atoms with van der Waals surface area (Å²) in [6, 6.07) is 10.6. The smallest absolute Gasteiger partial charge is 0.307 e. The Bertz CT molecular complexity index is 1170. The fourth-order valence-electron chi connectivity index (χ4n) is 4.19. The first-order valence-electron chi connectivity index (χ1n) is 11.4. The van der Waals surface area contributed by atoms with Crippen molar-refractivity contribution in [1.29, 1.82) is 0 Å². The Morgan fingerprint density at radius 2 is 1.71 bits per heavy atom. The first-order valence-corrected chi connectivity index (χ1v) is 13.4. The first-order chi connectivity index (χ1) is 16.0. The van der Waals surface area contributed by atoms with Gasteiger partial charge in [-0.2, -0.15) is 0 Å². The zero-order valence-corrected chi connectivity index (χ0v) is 23.0. The van der Waals surface area contributed by atoms with E-state index in [1.165, 1.54) is 32.8 Å². The molecule has 2 aromatic carbocycles. The standard InChI is InChI=1S/C23H23NO2S2.C5H12O/c1-13-5-7-16(8-6-13)20-15(3)21-22(14(2)18(20)11-19(25)26)24(27-4)12-17-9-10-28-23(17)21;1-5(2,3)6-4/h5-10H,11-12H2,1-4H3,(H,25,26);1-4H3. The third-order valence-electron chi connectivity index (χ3n) is 6.13. The summed E-state index contributed by atoms with van der Waals surface area (Å²) in [5.74, 6) is -0.792. The molecule has 1 N–H and O–H groups in total. The van der Waals surface area contributed by atoms with Crippen LogP contribution in [0, 0.1) is 20.8 Å². The topological polar surface area (TPSA) is 49.8 Å². The van der Waals surface area contributed by atoms with E-state index in [2.05, 4.69) is 67.0 Å². The van der Waals surface area contributed by atoms with E-state index in [4.69, 9.17) is 4.74 Å². The number of aliphatic carboxylic acids is 1. The van der Waals surface area contributed by atoms with E-state index in [1.807, 2.05) is 20.8 Å². The molecule has 6 heteroatoms. The summed E-state index contributed by atoms with van der Waals surface area (Å²) in [4.78, 5) is 13.0. The van der Waals surface area contributed by atoms with Gasteiger partial charge in [-0.3, -0.25) is 4.79 Å². The molecule has 1 aromatic heterocycles. The predicted molar refractivity (Wildman–Crippen MR) is 147 cm³/mol. The van der Waals surface area contributed by atoms with E-state index in [-0.39, 0.29) is 12.0 Å². The molecule has 34 heavy (non-hydrogen) atoms. The lowest BCUT2D eigenvalue weighted by molar-refractivity contribution is -0.136. The van der Waals surface area contributed by atoms with Gasteiger partial charge in [0.1, 0.15) is 0 Å². The second kappa shape index (κ2) is 10.5. The van der Waals surface area contributed by atoms with Gasteiger partial charge < -0.3 is 14.1 Å². The molecule has 0 saturated heterocycles. The second-order valence-corrected chi connectivity index (χ2v) is 11.3. The third kappa shape index (κ3) is 5.51. The normalized spacial score (nSPS) is 12.5. The van der Waals surface area contributed by atoms with Crippen LogP contribution in [0.1, 0.15) is 48.6 Å². The number of hydrogen-bond donors (Lipinski definition) is 1. The lowest BCUT2D eigenvalue weighted by Crippen LogP contribution is -2.21. The fraction of sp³-hybridized carbons (Fsp3) is 0.393. The van der Waals surface area contributed by atoms with Gasteiger partial charge in [0.25, 0.3) is 0 Å². The molecule has 1 aliphatic rings. The van der Waals surface area contributed by atoms with Crippen molar-refractivity contribution in [2.45, 2.75) is 60.1 Å². The van der Waals surface area contributed by atoms with E-state index in [1.54, 1.807) is 30.4 Å². The highest BCUT2D eigenvalue weighted by molar-refractivity contribution is 7.99. The number of hydrogen-bond acceptors (Lipinski definition) is 5. The number of aryl methyl sites for hydroxylation is 1. The van der Waals surface area contributed by atoms with Gasteiger partial charge in [-0.1, -0.05) is 41.8 Å². The van der Waals surface area contributed by atoms with Crippen LogP contribution < -0.4 is 4.31 Å². The Balaban J connectivity index is 0.000000481. The SMILES string of the molecule is COC(C)(C)C.CSN1Cc2ccsc2-c2c(C)c(-c3ccc(C)cc3)c(CC(=O)O)c(C)c21. The maximum atomic E-state index is 11.7. The van der Waals surface area contributed by atoms with Crippen molar-refractivity contribution in [3.63, 3.8) is 0 Å². The van der Waals surface area contributed by atoms with E-state index >= 15 is 0 Å². The molecule has 2 heterocycles. The molecule has 4 rings (SSSR count). The van der Waals surface area contributed by atoms with Crippen LogP contribution in [-0.2, 0) is 22.5 Å². The summed E-state index contributed by atoms with van der Waals surface area (Å²) in [6.45, 7) is 13.2. The molecule has 0 aliphatic carbocycles. The Morgan fingerprint density at radius 1 is 1.09 bits per heavy atom. The Kier molecular flexibility index (Phi) is 8.17. The van der Waals surface area contributed by atoms with Crippen LogP contribution in [0.3, 0.4) is 0 Å². The molecule has 0 unspecified atom stereocenters. The van der Waals surface area contributed by atoms with Crippen molar-refractivity contribution in [3.8, 4) is 21.6 Å². The van der Waals surface area contributed by atoms with E-state index in [0.29, 0.717) is 0 Å². The summed E-state index contributed by atoms with van der Waals surface area (Å²) in [5.41, 5.74) is 10.3. The molecule has 0 fully saturated rings. The van der Waals surface area contributed by atoms with Crippen molar-refractivity contribution in [2.75, 3.05) is 17.7 Å². The minimum absolute atomic E-state index is 0.0304. The van der Waals surface area contributed by atoms with Crippen LogP contribution in [-0.4, -0.2) is 30.0 Å². The first kappa shape index (κ1) is 26.3. The van der Waals surface area contributed by atoms with Crippen molar-refractivity contribution >= 4 is 34.9 Å². The monoisotopic (exact) mass is 497 g/mol. The van der Waals surface area contributed by atoms with Crippen LogP contribution in [0.15, 0.2) is 35.7 Å². The number of rotatable bonds is 4. The number of nitrogens with zero attached hydrogens (tertiary/aromatic N) is 1. The van der Waals surface area contributed by atoms with Gasteiger partial charge in [0, 0.05) is 23.8 Å². The summed E-state index contributed by atoms with van der Waals surface area (Å²) >= 11 is 3.48. The minimum Gasteiger partial charge on any atom is -0.481 e. The Hall–Kier alpha value is -2.28. The number of fused-ring (bicyclic) bond motifs is 3. The molecule has 0 bridgehead atoms. The molecule has 0 amide bonds. The summed E-state index contributed by atoms with van der Waals surface area (Å²) in [6.07, 6.45) is 2.11. The van der Waals surface area contributed by atoms with Gasteiger partial charge in [-0.15, -0.1) is 11.3 Å². The number of carboxylic acid groups (broad SMARTS) is 1. The van der Waals surface area contributed by atoms with Gasteiger partial charge >= 0.3 is 5.97 Å². The molecular formula is C28H35NO3S2. The average Bonchev–Trinajstić information content (AvgIpc) is 3.25. The van der Waals surface area contributed by atoms with Crippen LogP contribution in [0.25, 0.3) is 21.6 Å². The van der Waals surface area contributed by atoms with Crippen LogP contribution >= 0.6 is 23.3 Å². The molecule has 0 saturated carbocycles. The van der Waals surface area contributed by atoms with E-state index < -0.39 is 5.97 Å². The molecule has 0 atom stereocenters. The molecular weight excluding hydrogens is 462 g/mol. The highest BCUT2D eigenvalue weighted by atomic mass is 32.2. The number of carboxylic acids is 1. The summed E-state index contributed by atoms with van der Waals surface area (Å²) < 4.78 is 7.24. The highest BCUT2D eigenvalue weighted by Gasteiger charge is 2.30. The van der Waals surface area contributed by atoms with Crippen LogP contribution in [0.2, 0.25) is 0 Å². The average molecular weight is 498 g/mol. The highest BCUT2D eigenvalue weighted by Crippen LogP contribution is 2.51. The minimum atomic E-state index is -0.792. The molecule has 0 radical (unpaired) electrons. The molecule has 0 spiro atoms. The third-order valence-corrected chi connectivity index (χ3v) is 7.86. The van der Waals surface area contributed by atoms with Crippen molar-refractivity contribution in [3.05, 3.63) is 63.5 Å². The number of thiophene rings is 1. The lowest BCUT2D eigenvalue weighted by Gasteiger charge is -2.34. The lowest BCUT2D eigenvalue weighted by atomic mass is 9.83. The van der Waals surface area contributed by atoms with E-state index in [0.717, 1.165) is 28.8 Å². The van der Waals surface area contributed by atoms with Crippen molar-refractivity contribution < 1.29 is 14.6 Å². The summed E-state index contributed by atoms with van der Waals surface area (Å²) in [7, 11) is 1.71. The molecule has 1 aliphatic heterocycles. The largest absolute Gasteiger partial charge is 0.481 e. The number of methoxy groups -OCH3 is 1. The number of carbonyl (C=O) groups is 1. The van der Waals surface area contributed by atoms with Crippen molar-refractivity contribution in [2.24, 2.45) is 0 Å². The molecule has 182 valence electrons. The molecule has 3 aromatic rings. The Morgan fingerprint density at radius 3 is 2.24 bits per heavy atom. The van der Waals surface area contributed by atoms with Gasteiger partial charge in [0.15, 0.2) is 0 Å². The maximum absolute atomic E-state index is 11.7. The number of anilines is 1. The zero-order valence-electron chi connectivity index (χ0n) is 21.4. The van der Waals surface area contributed by atoms with Gasteiger partial charge in [0.05, 0.1) is 24.3 Å². The van der Waals surface area contributed by atoms with Gasteiger partial charge in [-0.05, 0) is 86.4 Å². The van der Waals surface area contributed by atoms with Gasteiger partial charge in [-0.25, -0.2) is 0 Å². The quantitative estimate of drug-likeness (QED) is 0.375. The van der Waals surface area contributed by atoms with Crippen molar-refractivity contribution in [1.82, 2.24) is 0 Å². The summed E-state index contributed by atoms with van der Waals surface area (Å²) in [5, 5.41) is 11.8. The van der Waals surface area contributed by atoms with E-state index in [9.17, 15) is 9.90 Å². The predicted octanol–water partition coefficient (Wildman–Crippen LogP) is 7.66. The zero-order chi connectivity index (χ0) is 25.2. The van der Waals surface area contributed by atoms with Gasteiger partial charge in [0.2, 0.25) is 0 Å². The number of ether oxygens (including phenoxy) is 1. The van der Waals surface area contributed by atoms with Crippen LogP contribution in [0.4, 0.5) is 5.69 Å². The maximum Gasteiger partial charge on any atom is 0.307 e. The molecule has 4 nitrogen and oxygen atoms in total. The second-order valence-electron chi connectivity index (χ2n) is 9.57. The van der Waals surface area contributed by atoms with Crippen LogP contribution in [0.5, 0.6) is 0 Å². The fourth-order valence-corrected chi connectivity index (χ4v) is 5.89. The Labute approximate surface area is 212 Å².